The molecule has 1 aliphatic heterocycles. The molecule has 94 valence electrons. The van der Waals surface area contributed by atoms with Crippen molar-refractivity contribution in [2.75, 3.05) is 19.8 Å². The minimum Gasteiger partial charge on any atom is -0.381 e. The van der Waals surface area contributed by atoms with Gasteiger partial charge in [-0.25, -0.2) is 4.39 Å². The quantitative estimate of drug-likeness (QED) is 0.869. The summed E-state index contributed by atoms with van der Waals surface area (Å²) in [6.07, 6.45) is 2.38. The van der Waals surface area contributed by atoms with Gasteiger partial charge in [-0.3, -0.25) is 0 Å². The topological polar surface area (TPSA) is 21.3 Å². The maximum atomic E-state index is 13.1. The molecule has 2 unspecified atom stereocenters. The number of benzene rings is 1. The fourth-order valence-electron chi connectivity index (χ4n) is 2.21. The Bertz CT molecular complexity index is 350. The Morgan fingerprint density at radius 2 is 2.41 bits per heavy atom. The number of hydrogen-bond donors (Lipinski definition) is 1. The van der Waals surface area contributed by atoms with Crippen molar-refractivity contribution in [1.82, 2.24) is 5.32 Å². The van der Waals surface area contributed by atoms with Gasteiger partial charge in [0, 0.05) is 19.2 Å². The monoisotopic (exact) mass is 237 g/mol. The summed E-state index contributed by atoms with van der Waals surface area (Å²) >= 11 is 0. The van der Waals surface area contributed by atoms with E-state index < -0.39 is 0 Å². The van der Waals surface area contributed by atoms with E-state index in [1.807, 2.05) is 6.07 Å². The minimum absolute atomic E-state index is 0.169. The molecule has 0 spiro atoms. The third-order valence-corrected chi connectivity index (χ3v) is 3.32. The SMILES string of the molecule is CC(NCC1CCCOC1)c1cccc(F)c1. The first kappa shape index (κ1) is 12.5. The molecule has 2 nitrogen and oxygen atoms in total. The first-order chi connectivity index (χ1) is 8.25. The van der Waals surface area contributed by atoms with E-state index in [4.69, 9.17) is 4.74 Å². The number of ether oxygens (including phenoxy) is 1. The van der Waals surface area contributed by atoms with Crippen LogP contribution in [-0.4, -0.2) is 19.8 Å². The van der Waals surface area contributed by atoms with Crippen LogP contribution in [0.2, 0.25) is 0 Å². The summed E-state index contributed by atoms with van der Waals surface area (Å²) in [7, 11) is 0. The Kier molecular flexibility index (Phi) is 4.51. The second-order valence-electron chi connectivity index (χ2n) is 4.77. The van der Waals surface area contributed by atoms with Crippen molar-refractivity contribution < 1.29 is 9.13 Å². The molecular weight excluding hydrogens is 217 g/mol. The first-order valence-electron chi connectivity index (χ1n) is 6.32. The molecule has 1 fully saturated rings. The van der Waals surface area contributed by atoms with Gasteiger partial charge in [-0.1, -0.05) is 12.1 Å². The van der Waals surface area contributed by atoms with Crippen molar-refractivity contribution in [1.29, 1.82) is 0 Å². The summed E-state index contributed by atoms with van der Waals surface area (Å²) in [4.78, 5) is 0. The fraction of sp³-hybridized carbons (Fsp3) is 0.571. The molecule has 1 aliphatic rings. The molecule has 0 aliphatic carbocycles. The average molecular weight is 237 g/mol. The van der Waals surface area contributed by atoms with E-state index in [-0.39, 0.29) is 11.9 Å². The lowest BCUT2D eigenvalue weighted by atomic mass is 10.0. The lowest BCUT2D eigenvalue weighted by molar-refractivity contribution is 0.0540. The number of nitrogens with one attached hydrogen (secondary N) is 1. The van der Waals surface area contributed by atoms with E-state index >= 15 is 0 Å². The molecule has 1 N–H and O–H groups in total. The Morgan fingerprint density at radius 1 is 1.53 bits per heavy atom. The average Bonchev–Trinajstić information content (AvgIpc) is 2.37. The predicted octanol–water partition coefficient (Wildman–Crippen LogP) is 2.90. The molecule has 0 aromatic heterocycles. The minimum atomic E-state index is -0.169. The normalized spacial score (nSPS) is 22.4. The summed E-state index contributed by atoms with van der Waals surface area (Å²) in [5, 5.41) is 3.45. The molecule has 0 bridgehead atoms. The molecule has 3 heteroatoms. The zero-order valence-corrected chi connectivity index (χ0v) is 10.3. The van der Waals surface area contributed by atoms with Gasteiger partial charge in [0.1, 0.15) is 5.82 Å². The van der Waals surface area contributed by atoms with E-state index in [1.165, 1.54) is 12.5 Å². The maximum Gasteiger partial charge on any atom is 0.123 e. The van der Waals surface area contributed by atoms with Crippen LogP contribution in [0.1, 0.15) is 31.4 Å². The highest BCUT2D eigenvalue weighted by atomic mass is 19.1. The van der Waals surface area contributed by atoms with Crippen LogP contribution in [0.25, 0.3) is 0 Å². The van der Waals surface area contributed by atoms with Crippen LogP contribution >= 0.6 is 0 Å². The van der Waals surface area contributed by atoms with Crippen LogP contribution in [-0.2, 0) is 4.74 Å². The van der Waals surface area contributed by atoms with Crippen molar-refractivity contribution in [2.24, 2.45) is 5.92 Å². The van der Waals surface area contributed by atoms with Crippen LogP contribution < -0.4 is 5.32 Å². The van der Waals surface area contributed by atoms with Gasteiger partial charge >= 0.3 is 0 Å². The van der Waals surface area contributed by atoms with Crippen LogP contribution in [0, 0.1) is 11.7 Å². The zero-order valence-electron chi connectivity index (χ0n) is 10.3. The summed E-state index contributed by atoms with van der Waals surface area (Å²) in [5.74, 6) is 0.428. The van der Waals surface area contributed by atoms with Crippen molar-refractivity contribution >= 4 is 0 Å². The Morgan fingerprint density at radius 3 is 3.12 bits per heavy atom. The molecular formula is C14H20FNO. The summed E-state index contributed by atoms with van der Waals surface area (Å²) < 4.78 is 18.5. The molecule has 0 radical (unpaired) electrons. The maximum absolute atomic E-state index is 13.1. The van der Waals surface area contributed by atoms with Crippen LogP contribution in [0.15, 0.2) is 24.3 Å². The Labute approximate surface area is 102 Å². The van der Waals surface area contributed by atoms with Gasteiger partial charge in [-0.15, -0.1) is 0 Å². The summed E-state index contributed by atoms with van der Waals surface area (Å²) in [5.41, 5.74) is 1.00. The van der Waals surface area contributed by atoms with Gasteiger partial charge in [-0.2, -0.15) is 0 Å². The molecule has 0 amide bonds. The van der Waals surface area contributed by atoms with Gasteiger partial charge in [-0.05, 0) is 43.4 Å². The van der Waals surface area contributed by atoms with Gasteiger partial charge in [0.25, 0.3) is 0 Å². The summed E-state index contributed by atoms with van der Waals surface area (Å²) in [6, 6.07) is 6.97. The van der Waals surface area contributed by atoms with Gasteiger partial charge in [0.05, 0.1) is 6.61 Å². The third kappa shape index (κ3) is 3.79. The third-order valence-electron chi connectivity index (χ3n) is 3.32. The largest absolute Gasteiger partial charge is 0.381 e. The van der Waals surface area contributed by atoms with Crippen LogP contribution in [0.3, 0.4) is 0 Å². The molecule has 1 saturated heterocycles. The summed E-state index contributed by atoms with van der Waals surface area (Å²) in [6.45, 7) is 4.76. The smallest absolute Gasteiger partial charge is 0.123 e. The predicted molar refractivity (Wildman–Crippen MR) is 66.4 cm³/mol. The van der Waals surface area contributed by atoms with Crippen molar-refractivity contribution in [3.8, 4) is 0 Å². The standard InChI is InChI=1S/C14H20FNO/c1-11(13-5-2-6-14(15)8-13)16-9-12-4-3-7-17-10-12/h2,5-6,8,11-12,16H,3-4,7,9-10H2,1H3. The Balaban J connectivity index is 1.82. The number of rotatable bonds is 4. The highest BCUT2D eigenvalue weighted by molar-refractivity contribution is 5.19. The Hall–Kier alpha value is -0.930. The zero-order chi connectivity index (χ0) is 12.1. The molecule has 1 aromatic rings. The first-order valence-corrected chi connectivity index (χ1v) is 6.32. The molecule has 1 aromatic carbocycles. The molecule has 2 rings (SSSR count). The highest BCUT2D eigenvalue weighted by Gasteiger charge is 2.15. The van der Waals surface area contributed by atoms with E-state index in [9.17, 15) is 4.39 Å². The van der Waals surface area contributed by atoms with Crippen LogP contribution in [0.5, 0.6) is 0 Å². The van der Waals surface area contributed by atoms with Crippen molar-refractivity contribution in [3.05, 3.63) is 35.6 Å². The molecule has 2 atom stereocenters. The fourth-order valence-corrected chi connectivity index (χ4v) is 2.21. The molecule has 1 heterocycles. The van der Waals surface area contributed by atoms with E-state index in [0.717, 1.165) is 31.7 Å². The number of hydrogen-bond acceptors (Lipinski definition) is 2. The van der Waals surface area contributed by atoms with E-state index in [0.29, 0.717) is 5.92 Å². The lowest BCUT2D eigenvalue weighted by Crippen LogP contribution is -2.30. The highest BCUT2D eigenvalue weighted by Crippen LogP contribution is 2.16. The van der Waals surface area contributed by atoms with E-state index in [2.05, 4.69) is 12.2 Å². The van der Waals surface area contributed by atoms with Gasteiger partial charge < -0.3 is 10.1 Å². The van der Waals surface area contributed by atoms with E-state index in [1.54, 1.807) is 12.1 Å². The van der Waals surface area contributed by atoms with Crippen LogP contribution in [0.4, 0.5) is 4.39 Å². The van der Waals surface area contributed by atoms with Crippen molar-refractivity contribution in [3.63, 3.8) is 0 Å². The molecule has 0 saturated carbocycles. The second-order valence-corrected chi connectivity index (χ2v) is 4.77. The van der Waals surface area contributed by atoms with Gasteiger partial charge in [0.2, 0.25) is 0 Å². The lowest BCUT2D eigenvalue weighted by Gasteiger charge is -2.24. The van der Waals surface area contributed by atoms with Crippen molar-refractivity contribution in [2.45, 2.75) is 25.8 Å². The molecule has 17 heavy (non-hydrogen) atoms. The van der Waals surface area contributed by atoms with Gasteiger partial charge in [0.15, 0.2) is 0 Å². The number of halogens is 1. The second kappa shape index (κ2) is 6.12.